The van der Waals surface area contributed by atoms with Crippen molar-refractivity contribution in [2.45, 2.75) is 113 Å². The number of nitrogens with zero attached hydrogens (tertiary/aromatic N) is 1. The number of hydrogen-bond donors (Lipinski definition) is 4. The van der Waals surface area contributed by atoms with Crippen molar-refractivity contribution in [3.05, 3.63) is 66.2 Å². The quantitative estimate of drug-likeness (QED) is 0.214. The molecule has 4 N–H and O–H groups in total. The van der Waals surface area contributed by atoms with Gasteiger partial charge in [0.15, 0.2) is 9.84 Å². The van der Waals surface area contributed by atoms with Crippen LogP contribution in [0.1, 0.15) is 72.3 Å². The first kappa shape index (κ1) is 39.8. The number of aliphatic hydroxyl groups excluding tert-OH is 1. The number of piperidine rings is 1. The van der Waals surface area contributed by atoms with Crippen LogP contribution in [0.4, 0.5) is 0 Å². The number of aliphatic hydroxyl groups is 1. The van der Waals surface area contributed by atoms with Gasteiger partial charge in [-0.2, -0.15) is 0 Å². The van der Waals surface area contributed by atoms with E-state index in [1.165, 1.54) is 25.6 Å². The van der Waals surface area contributed by atoms with Crippen molar-refractivity contribution in [3.8, 4) is 0 Å². The van der Waals surface area contributed by atoms with Crippen LogP contribution in [0.3, 0.4) is 0 Å². The van der Waals surface area contributed by atoms with E-state index in [-0.39, 0.29) is 24.6 Å². The molecular weight excluding hydrogens is 673 g/mol. The molecule has 2 fully saturated rings. The minimum absolute atomic E-state index is 0.0150. The zero-order valence-electron chi connectivity index (χ0n) is 30.4. The number of carbonyl (C=O) groups is 3. The van der Waals surface area contributed by atoms with E-state index in [1.54, 1.807) is 0 Å². The van der Waals surface area contributed by atoms with Gasteiger partial charge < -0.3 is 21.1 Å². The number of thioether (sulfide) groups is 1. The van der Waals surface area contributed by atoms with Gasteiger partial charge in [-0.05, 0) is 83.4 Å². The van der Waals surface area contributed by atoms with Crippen LogP contribution in [-0.4, -0.2) is 95.8 Å². The third-order valence-corrected chi connectivity index (χ3v) is 13.3. The van der Waals surface area contributed by atoms with E-state index < -0.39 is 56.2 Å². The van der Waals surface area contributed by atoms with Crippen molar-refractivity contribution in [2.75, 3.05) is 25.1 Å². The van der Waals surface area contributed by atoms with Gasteiger partial charge in [0.25, 0.3) is 0 Å². The molecule has 6 unspecified atom stereocenters. The maximum Gasteiger partial charge on any atom is 0.244 e. The highest BCUT2D eigenvalue weighted by atomic mass is 32.2. The molecule has 0 spiro atoms. The van der Waals surface area contributed by atoms with E-state index >= 15 is 0 Å². The number of carbonyl (C=O) groups excluding carboxylic acids is 3. The zero-order chi connectivity index (χ0) is 36.7. The second-order valence-corrected chi connectivity index (χ2v) is 19.2. The fourth-order valence-electron chi connectivity index (χ4n) is 7.05. The van der Waals surface area contributed by atoms with E-state index in [9.17, 15) is 27.9 Å². The SMILES string of the molecule is CC(C)(C)NC(=O)C1CC2CCCCC2CN1CC(O)C(Cc1ccccc1)NC(=O)C(NC(=O)CSc1ccccc1)C(C)(C)S(C)(=O)=O. The van der Waals surface area contributed by atoms with Gasteiger partial charge in [0.1, 0.15) is 6.04 Å². The lowest BCUT2D eigenvalue weighted by molar-refractivity contribution is -0.133. The monoisotopic (exact) mass is 728 g/mol. The number of likely N-dealkylation sites (tertiary alicyclic amines) is 1. The fourth-order valence-corrected chi connectivity index (χ4v) is 8.37. The van der Waals surface area contributed by atoms with Crippen LogP contribution in [-0.2, 0) is 30.6 Å². The molecule has 4 rings (SSSR count). The lowest BCUT2D eigenvalue weighted by atomic mass is 9.72. The molecule has 1 aliphatic carbocycles. The molecule has 0 bridgehead atoms. The van der Waals surface area contributed by atoms with Gasteiger partial charge in [0.05, 0.1) is 28.7 Å². The number of nitrogens with one attached hydrogen (secondary N) is 3. The highest BCUT2D eigenvalue weighted by Crippen LogP contribution is 2.39. The number of amides is 3. The maximum absolute atomic E-state index is 14.2. The Balaban J connectivity index is 1.58. The number of fused-ring (bicyclic) bond motifs is 1. The van der Waals surface area contributed by atoms with Gasteiger partial charge in [0, 0.05) is 29.8 Å². The summed E-state index contributed by atoms with van der Waals surface area (Å²) in [5.41, 5.74) is 0.451. The Morgan fingerprint density at radius 1 is 0.920 bits per heavy atom. The highest BCUT2D eigenvalue weighted by molar-refractivity contribution is 8.00. The van der Waals surface area contributed by atoms with Crippen LogP contribution in [0.2, 0.25) is 0 Å². The van der Waals surface area contributed by atoms with Gasteiger partial charge >= 0.3 is 0 Å². The maximum atomic E-state index is 14.2. The van der Waals surface area contributed by atoms with Crippen LogP contribution >= 0.6 is 11.8 Å². The minimum atomic E-state index is -3.84. The number of β-amino-alcohol motifs (C(OH)–C–C–N with tert-alkyl or cyclic N) is 1. The lowest BCUT2D eigenvalue weighted by Crippen LogP contribution is -2.64. The van der Waals surface area contributed by atoms with Crippen LogP contribution in [0.15, 0.2) is 65.6 Å². The van der Waals surface area contributed by atoms with Gasteiger partial charge in [-0.3, -0.25) is 19.3 Å². The molecule has 10 nitrogen and oxygen atoms in total. The molecule has 2 aliphatic rings. The third kappa shape index (κ3) is 11.0. The van der Waals surface area contributed by atoms with Crippen LogP contribution in [0, 0.1) is 11.8 Å². The first-order valence-corrected chi connectivity index (χ1v) is 20.6. The average Bonchev–Trinajstić information content (AvgIpc) is 3.05. The summed E-state index contributed by atoms with van der Waals surface area (Å²) in [5, 5.41) is 20.7. The van der Waals surface area contributed by atoms with E-state index in [0.29, 0.717) is 24.8 Å². The molecule has 12 heteroatoms. The Morgan fingerprint density at radius 3 is 2.12 bits per heavy atom. The molecule has 50 heavy (non-hydrogen) atoms. The molecule has 1 saturated heterocycles. The van der Waals surface area contributed by atoms with E-state index in [1.807, 2.05) is 81.4 Å². The Labute approximate surface area is 302 Å². The minimum Gasteiger partial charge on any atom is -0.390 e. The van der Waals surface area contributed by atoms with Crippen molar-refractivity contribution in [1.82, 2.24) is 20.9 Å². The summed E-state index contributed by atoms with van der Waals surface area (Å²) in [6.45, 7) is 9.53. The summed E-state index contributed by atoms with van der Waals surface area (Å²) in [7, 11) is -3.84. The van der Waals surface area contributed by atoms with Gasteiger partial charge in [-0.1, -0.05) is 67.8 Å². The number of rotatable bonds is 14. The van der Waals surface area contributed by atoms with Crippen molar-refractivity contribution in [3.63, 3.8) is 0 Å². The molecule has 6 atom stereocenters. The predicted octanol–water partition coefficient (Wildman–Crippen LogP) is 3.97. The second kappa shape index (κ2) is 17.1. The Hall–Kier alpha value is -2.93. The second-order valence-electron chi connectivity index (χ2n) is 15.6. The third-order valence-electron chi connectivity index (χ3n) is 10.1. The van der Waals surface area contributed by atoms with Crippen molar-refractivity contribution in [1.29, 1.82) is 0 Å². The van der Waals surface area contributed by atoms with E-state index in [0.717, 1.165) is 42.4 Å². The Kier molecular flexibility index (Phi) is 13.6. The summed E-state index contributed by atoms with van der Waals surface area (Å²) in [4.78, 5) is 44.0. The number of hydrogen-bond acceptors (Lipinski definition) is 8. The first-order chi connectivity index (χ1) is 23.4. The summed E-state index contributed by atoms with van der Waals surface area (Å²) < 4.78 is 24.4. The topological polar surface area (TPSA) is 145 Å². The molecule has 276 valence electrons. The summed E-state index contributed by atoms with van der Waals surface area (Å²) in [6.07, 6.45) is 5.41. The molecule has 1 aliphatic heterocycles. The van der Waals surface area contributed by atoms with Crippen LogP contribution in [0.5, 0.6) is 0 Å². The Morgan fingerprint density at radius 2 is 1.52 bits per heavy atom. The van der Waals surface area contributed by atoms with Gasteiger partial charge in [0.2, 0.25) is 17.7 Å². The van der Waals surface area contributed by atoms with Crippen molar-refractivity contribution < 1.29 is 27.9 Å². The number of benzene rings is 2. The predicted molar refractivity (Wildman–Crippen MR) is 199 cm³/mol. The molecular formula is C38H56N4O6S2. The molecule has 3 amide bonds. The number of sulfone groups is 1. The highest BCUT2D eigenvalue weighted by Gasteiger charge is 2.46. The fraction of sp³-hybridized carbons (Fsp3) is 0.605. The summed E-state index contributed by atoms with van der Waals surface area (Å²) >= 11 is 1.28. The normalized spacial score (nSPS) is 22.0. The van der Waals surface area contributed by atoms with Crippen molar-refractivity contribution in [2.24, 2.45) is 11.8 Å². The standard InChI is InChI=1S/C38H56N4O6S2/c1-37(2,3)41-35(45)31-22-27-17-13-14-18-28(27)23-42(31)24-32(43)30(21-26-15-9-7-10-16-26)39-36(46)34(38(4,5)50(6,47)48)40-33(44)25-49-29-19-11-8-12-20-29/h7-12,15-16,19-20,27-28,30-32,34,43H,13-14,17-18,21-25H2,1-6H3,(H,39,46)(H,40,44)(H,41,45). The zero-order valence-corrected chi connectivity index (χ0v) is 32.0. The molecule has 1 heterocycles. The summed E-state index contributed by atoms with van der Waals surface area (Å²) in [5.74, 6) is -0.386. The van der Waals surface area contributed by atoms with Gasteiger partial charge in [-0.25, -0.2) is 8.42 Å². The smallest absolute Gasteiger partial charge is 0.244 e. The van der Waals surface area contributed by atoms with E-state index in [4.69, 9.17) is 0 Å². The summed E-state index contributed by atoms with van der Waals surface area (Å²) in [6, 6.07) is 16.1. The first-order valence-electron chi connectivity index (χ1n) is 17.7. The molecule has 2 aromatic rings. The van der Waals surface area contributed by atoms with E-state index in [2.05, 4.69) is 20.9 Å². The largest absolute Gasteiger partial charge is 0.390 e. The molecule has 1 saturated carbocycles. The molecule has 0 aromatic heterocycles. The van der Waals surface area contributed by atoms with Crippen molar-refractivity contribution >= 4 is 39.3 Å². The molecule has 0 radical (unpaired) electrons. The average molecular weight is 729 g/mol. The van der Waals surface area contributed by atoms with Crippen LogP contribution in [0.25, 0.3) is 0 Å². The van der Waals surface area contributed by atoms with Crippen LogP contribution < -0.4 is 16.0 Å². The molecule has 2 aromatic carbocycles. The Bertz CT molecular complexity index is 1550. The van der Waals surface area contributed by atoms with Gasteiger partial charge in [-0.15, -0.1) is 11.8 Å². The lowest BCUT2D eigenvalue weighted by Gasteiger charge is -2.47.